The average molecular weight is 203 g/mol. The van der Waals surface area contributed by atoms with Crippen molar-refractivity contribution in [3.05, 3.63) is 0 Å². The summed E-state index contributed by atoms with van der Waals surface area (Å²) in [6.45, 7) is 5.56. The lowest BCUT2D eigenvalue weighted by Crippen LogP contribution is -2.53. The zero-order valence-electron chi connectivity index (χ0n) is 8.16. The highest BCUT2D eigenvalue weighted by Crippen LogP contribution is 1.97. The molecule has 1 aliphatic heterocycles. The standard InChI is InChI=1S/C8H17N3OS/c1-7(13)8(12)9-11-5-3-10(2)4-6-11/h7,13H,3-6H2,1-2H3,(H,9,12). The van der Waals surface area contributed by atoms with E-state index < -0.39 is 0 Å². The first kappa shape index (κ1) is 10.8. The molecule has 1 N–H and O–H groups in total. The molecule has 4 nitrogen and oxygen atoms in total. The normalized spacial score (nSPS) is 22.7. The number of amides is 1. The monoisotopic (exact) mass is 203 g/mol. The highest BCUT2D eigenvalue weighted by Gasteiger charge is 2.16. The Hall–Kier alpha value is -0.260. The average Bonchev–Trinajstić information content (AvgIpc) is 2.08. The topological polar surface area (TPSA) is 35.6 Å². The zero-order chi connectivity index (χ0) is 9.84. The van der Waals surface area contributed by atoms with E-state index in [1.165, 1.54) is 0 Å². The third-order valence-corrected chi connectivity index (χ3v) is 2.39. The molecule has 1 atom stereocenters. The molecule has 0 aliphatic carbocycles. The van der Waals surface area contributed by atoms with E-state index in [0.717, 1.165) is 26.2 Å². The van der Waals surface area contributed by atoms with Crippen LogP contribution in [-0.4, -0.2) is 54.3 Å². The molecular weight excluding hydrogens is 186 g/mol. The van der Waals surface area contributed by atoms with Crippen LogP contribution in [0.3, 0.4) is 0 Å². The Morgan fingerprint density at radius 2 is 1.92 bits per heavy atom. The second-order valence-electron chi connectivity index (χ2n) is 3.44. The van der Waals surface area contributed by atoms with E-state index >= 15 is 0 Å². The number of carbonyl (C=O) groups is 1. The number of thiol groups is 1. The van der Waals surface area contributed by atoms with Gasteiger partial charge < -0.3 is 4.90 Å². The van der Waals surface area contributed by atoms with Gasteiger partial charge in [-0.1, -0.05) is 0 Å². The molecule has 5 heteroatoms. The predicted molar refractivity (Wildman–Crippen MR) is 55.7 cm³/mol. The fraction of sp³-hybridized carbons (Fsp3) is 0.875. The Labute approximate surface area is 84.6 Å². The smallest absolute Gasteiger partial charge is 0.246 e. The quantitative estimate of drug-likeness (QED) is 0.599. The summed E-state index contributed by atoms with van der Waals surface area (Å²) < 4.78 is 0. The third kappa shape index (κ3) is 3.54. The van der Waals surface area contributed by atoms with Gasteiger partial charge in [0.05, 0.1) is 5.25 Å². The molecule has 1 saturated heterocycles. The van der Waals surface area contributed by atoms with Gasteiger partial charge in [-0.15, -0.1) is 0 Å². The lowest BCUT2D eigenvalue weighted by atomic mass is 10.4. The van der Waals surface area contributed by atoms with Crippen molar-refractivity contribution < 1.29 is 4.79 Å². The summed E-state index contributed by atoms with van der Waals surface area (Å²) in [6, 6.07) is 0. The van der Waals surface area contributed by atoms with E-state index in [0.29, 0.717) is 0 Å². The van der Waals surface area contributed by atoms with Crippen molar-refractivity contribution in [2.24, 2.45) is 0 Å². The molecule has 1 amide bonds. The Morgan fingerprint density at radius 1 is 1.38 bits per heavy atom. The summed E-state index contributed by atoms with van der Waals surface area (Å²) in [7, 11) is 2.08. The maximum absolute atomic E-state index is 11.2. The predicted octanol–water partition coefficient (Wildman–Crippen LogP) is -0.417. The molecule has 1 aliphatic rings. The molecule has 0 bridgehead atoms. The summed E-state index contributed by atoms with van der Waals surface area (Å²) in [6.07, 6.45) is 0. The van der Waals surface area contributed by atoms with Crippen molar-refractivity contribution >= 4 is 18.5 Å². The highest BCUT2D eigenvalue weighted by molar-refractivity contribution is 7.81. The summed E-state index contributed by atoms with van der Waals surface area (Å²) in [5, 5.41) is 1.72. The molecule has 0 aromatic heterocycles. The van der Waals surface area contributed by atoms with Crippen molar-refractivity contribution in [2.75, 3.05) is 33.2 Å². The van der Waals surface area contributed by atoms with Crippen molar-refractivity contribution in [1.82, 2.24) is 15.3 Å². The SMILES string of the molecule is CC(S)C(=O)NN1CCN(C)CC1. The first-order valence-electron chi connectivity index (χ1n) is 4.51. The van der Waals surface area contributed by atoms with Crippen molar-refractivity contribution in [1.29, 1.82) is 0 Å². The third-order valence-electron chi connectivity index (χ3n) is 2.15. The van der Waals surface area contributed by atoms with Gasteiger partial charge in [-0.25, -0.2) is 5.01 Å². The van der Waals surface area contributed by atoms with Gasteiger partial charge in [0.15, 0.2) is 0 Å². The molecule has 1 fully saturated rings. The zero-order valence-corrected chi connectivity index (χ0v) is 9.05. The van der Waals surface area contributed by atoms with Gasteiger partial charge in [0.2, 0.25) is 5.91 Å². The Bertz CT molecular complexity index is 178. The minimum atomic E-state index is -0.236. The van der Waals surface area contributed by atoms with Gasteiger partial charge in [-0.05, 0) is 14.0 Å². The summed E-state index contributed by atoms with van der Waals surface area (Å²) in [5.74, 6) is -0.0205. The van der Waals surface area contributed by atoms with Gasteiger partial charge in [0.1, 0.15) is 0 Å². The van der Waals surface area contributed by atoms with Crippen LogP contribution in [-0.2, 0) is 4.79 Å². The van der Waals surface area contributed by atoms with Crippen LogP contribution in [0.25, 0.3) is 0 Å². The maximum atomic E-state index is 11.2. The summed E-state index contributed by atoms with van der Waals surface area (Å²) in [4.78, 5) is 13.5. The van der Waals surface area contributed by atoms with E-state index in [2.05, 4.69) is 30.0 Å². The Balaban J connectivity index is 2.26. The number of hydrogen-bond acceptors (Lipinski definition) is 4. The second-order valence-corrected chi connectivity index (χ2v) is 4.22. The van der Waals surface area contributed by atoms with E-state index in [-0.39, 0.29) is 11.2 Å². The van der Waals surface area contributed by atoms with Gasteiger partial charge in [0, 0.05) is 26.2 Å². The van der Waals surface area contributed by atoms with Crippen LogP contribution in [0.1, 0.15) is 6.92 Å². The first-order valence-corrected chi connectivity index (χ1v) is 5.03. The van der Waals surface area contributed by atoms with E-state index in [1.54, 1.807) is 6.92 Å². The number of nitrogens with one attached hydrogen (secondary N) is 1. The number of carbonyl (C=O) groups excluding carboxylic acids is 1. The number of hydrazine groups is 1. The number of hydrogen-bond donors (Lipinski definition) is 2. The minimum absolute atomic E-state index is 0.0205. The number of nitrogens with zero attached hydrogens (tertiary/aromatic N) is 2. The van der Waals surface area contributed by atoms with Crippen molar-refractivity contribution in [2.45, 2.75) is 12.2 Å². The summed E-state index contributed by atoms with van der Waals surface area (Å²) >= 11 is 4.06. The fourth-order valence-electron chi connectivity index (χ4n) is 1.17. The van der Waals surface area contributed by atoms with Crippen LogP contribution in [0.4, 0.5) is 0 Å². The van der Waals surface area contributed by atoms with Crippen LogP contribution < -0.4 is 5.43 Å². The van der Waals surface area contributed by atoms with Crippen LogP contribution in [0, 0.1) is 0 Å². The van der Waals surface area contributed by atoms with E-state index in [4.69, 9.17) is 0 Å². The molecule has 0 radical (unpaired) electrons. The molecule has 0 saturated carbocycles. The van der Waals surface area contributed by atoms with E-state index in [1.807, 2.05) is 5.01 Å². The first-order chi connectivity index (χ1) is 6.09. The minimum Gasteiger partial charge on any atom is -0.304 e. The van der Waals surface area contributed by atoms with Gasteiger partial charge in [-0.3, -0.25) is 10.2 Å². The molecule has 0 aromatic rings. The van der Waals surface area contributed by atoms with Gasteiger partial charge >= 0.3 is 0 Å². The van der Waals surface area contributed by atoms with Crippen LogP contribution in [0.5, 0.6) is 0 Å². The van der Waals surface area contributed by atoms with E-state index in [9.17, 15) is 4.79 Å². The lowest BCUT2D eigenvalue weighted by molar-refractivity contribution is -0.125. The molecule has 76 valence electrons. The molecule has 0 spiro atoms. The number of rotatable bonds is 2. The van der Waals surface area contributed by atoms with Crippen LogP contribution >= 0.6 is 12.6 Å². The molecule has 1 unspecified atom stereocenters. The molecule has 1 rings (SSSR count). The molecule has 1 heterocycles. The molecular formula is C8H17N3OS. The second kappa shape index (κ2) is 4.83. The Morgan fingerprint density at radius 3 is 2.38 bits per heavy atom. The van der Waals surface area contributed by atoms with Gasteiger partial charge in [-0.2, -0.15) is 12.6 Å². The molecule has 0 aromatic carbocycles. The largest absolute Gasteiger partial charge is 0.304 e. The highest BCUT2D eigenvalue weighted by atomic mass is 32.1. The lowest BCUT2D eigenvalue weighted by Gasteiger charge is -2.32. The summed E-state index contributed by atoms with van der Waals surface area (Å²) in [5.41, 5.74) is 2.83. The Kier molecular flexibility index (Phi) is 4.02. The maximum Gasteiger partial charge on any atom is 0.246 e. The fourth-order valence-corrected chi connectivity index (χ4v) is 1.23. The van der Waals surface area contributed by atoms with Gasteiger partial charge in [0.25, 0.3) is 0 Å². The van der Waals surface area contributed by atoms with Crippen molar-refractivity contribution in [3.63, 3.8) is 0 Å². The van der Waals surface area contributed by atoms with Crippen molar-refractivity contribution in [3.8, 4) is 0 Å². The number of likely N-dealkylation sites (N-methyl/N-ethyl adjacent to an activating group) is 1. The number of piperazine rings is 1. The van der Waals surface area contributed by atoms with Crippen LogP contribution in [0.15, 0.2) is 0 Å². The van der Waals surface area contributed by atoms with Crippen LogP contribution in [0.2, 0.25) is 0 Å². The molecule has 13 heavy (non-hydrogen) atoms.